The molecule has 2 aliphatic rings. The van der Waals surface area contributed by atoms with E-state index in [1.165, 1.54) is 31.1 Å². The first-order chi connectivity index (χ1) is 7.33. The van der Waals surface area contributed by atoms with Crippen LogP contribution in [0.3, 0.4) is 0 Å². The molecule has 2 heterocycles. The maximum Gasteiger partial charge on any atom is 0.167 e. The van der Waals surface area contributed by atoms with Crippen molar-refractivity contribution in [3.8, 4) is 0 Å². The van der Waals surface area contributed by atoms with Crippen molar-refractivity contribution >= 4 is 11.8 Å². The van der Waals surface area contributed by atoms with Gasteiger partial charge in [-0.25, -0.2) is 4.98 Å². The van der Waals surface area contributed by atoms with Crippen LogP contribution in [0.25, 0.3) is 0 Å². The van der Waals surface area contributed by atoms with Crippen molar-refractivity contribution in [2.24, 2.45) is 18.9 Å². The largest absolute Gasteiger partial charge is 0.329 e. The van der Waals surface area contributed by atoms with E-state index in [1.807, 2.05) is 24.2 Å². The number of aryl methyl sites for hydroxylation is 1. The fourth-order valence-corrected chi connectivity index (χ4v) is 4.16. The van der Waals surface area contributed by atoms with Gasteiger partial charge in [-0.3, -0.25) is 0 Å². The van der Waals surface area contributed by atoms with Gasteiger partial charge in [0.05, 0.1) is 0 Å². The maximum atomic E-state index is 4.38. The summed E-state index contributed by atoms with van der Waals surface area (Å²) in [6, 6.07) is 0. The van der Waals surface area contributed by atoms with Gasteiger partial charge in [0.1, 0.15) is 0 Å². The lowest BCUT2D eigenvalue weighted by molar-refractivity contribution is 0.494. The third-order valence-corrected chi connectivity index (χ3v) is 4.98. The molecule has 0 spiro atoms. The topological polar surface area (TPSA) is 29.9 Å². The minimum atomic E-state index is 0.795. The molecule has 3 nitrogen and oxygen atoms in total. The van der Waals surface area contributed by atoms with E-state index < -0.39 is 0 Å². The minimum absolute atomic E-state index is 0.795. The molecule has 3 rings (SSSR count). The molecule has 1 saturated heterocycles. The van der Waals surface area contributed by atoms with Crippen LogP contribution >= 0.6 is 11.8 Å². The van der Waals surface area contributed by atoms with Gasteiger partial charge in [-0.15, -0.1) is 0 Å². The van der Waals surface area contributed by atoms with Crippen molar-refractivity contribution < 1.29 is 0 Å². The van der Waals surface area contributed by atoms with Crippen LogP contribution in [0.15, 0.2) is 17.6 Å². The molecule has 0 aromatic carbocycles. The minimum Gasteiger partial charge on any atom is -0.329 e. The molecule has 1 aliphatic heterocycles. The first-order valence-corrected chi connectivity index (χ1v) is 6.55. The number of thioether (sulfide) groups is 1. The van der Waals surface area contributed by atoms with Gasteiger partial charge in [0.15, 0.2) is 5.16 Å². The zero-order valence-corrected chi connectivity index (χ0v) is 9.83. The summed E-state index contributed by atoms with van der Waals surface area (Å²) in [5.74, 6) is 1.87. The van der Waals surface area contributed by atoms with E-state index in [0.29, 0.717) is 0 Å². The zero-order valence-electron chi connectivity index (χ0n) is 9.02. The number of imidazole rings is 1. The smallest absolute Gasteiger partial charge is 0.167 e. The number of nitrogens with one attached hydrogen (secondary N) is 1. The number of rotatable bonds is 2. The van der Waals surface area contributed by atoms with E-state index in [-0.39, 0.29) is 0 Å². The SMILES string of the molecule is Cn1ccnc1SC1C[C@H]2CNC[C@H]2C1. The van der Waals surface area contributed by atoms with E-state index in [4.69, 9.17) is 0 Å². The second kappa shape index (κ2) is 3.83. The highest BCUT2D eigenvalue weighted by Crippen LogP contribution is 2.42. The Labute approximate surface area is 94.7 Å². The van der Waals surface area contributed by atoms with Crippen LogP contribution in [0, 0.1) is 11.8 Å². The molecule has 1 aromatic heterocycles. The number of nitrogens with zero attached hydrogens (tertiary/aromatic N) is 2. The van der Waals surface area contributed by atoms with Crippen LogP contribution in [0.5, 0.6) is 0 Å². The van der Waals surface area contributed by atoms with Gasteiger partial charge in [0.25, 0.3) is 0 Å². The summed E-state index contributed by atoms with van der Waals surface area (Å²) in [5, 5.41) is 5.45. The van der Waals surface area contributed by atoms with Gasteiger partial charge in [0, 0.05) is 24.7 Å². The first-order valence-electron chi connectivity index (χ1n) is 5.67. The summed E-state index contributed by atoms with van der Waals surface area (Å²) in [6.45, 7) is 2.48. The molecule has 3 atom stereocenters. The third kappa shape index (κ3) is 1.81. The van der Waals surface area contributed by atoms with Crippen molar-refractivity contribution in [3.63, 3.8) is 0 Å². The summed E-state index contributed by atoms with van der Waals surface area (Å²) in [5.41, 5.74) is 0. The van der Waals surface area contributed by atoms with Crippen LogP contribution in [0.4, 0.5) is 0 Å². The molecule has 1 aliphatic carbocycles. The molecule has 0 amide bonds. The van der Waals surface area contributed by atoms with Gasteiger partial charge in [-0.2, -0.15) is 0 Å². The average molecular weight is 223 g/mol. The first kappa shape index (κ1) is 9.73. The summed E-state index contributed by atoms with van der Waals surface area (Å²) in [7, 11) is 2.08. The van der Waals surface area contributed by atoms with Crippen molar-refractivity contribution in [2.75, 3.05) is 13.1 Å². The molecule has 0 radical (unpaired) electrons. The van der Waals surface area contributed by atoms with Crippen molar-refractivity contribution in [2.45, 2.75) is 23.2 Å². The number of fused-ring (bicyclic) bond motifs is 1. The van der Waals surface area contributed by atoms with Crippen molar-refractivity contribution in [3.05, 3.63) is 12.4 Å². The molecular weight excluding hydrogens is 206 g/mol. The Bertz CT molecular complexity index is 337. The molecule has 1 N–H and O–H groups in total. The molecule has 1 aromatic rings. The highest BCUT2D eigenvalue weighted by atomic mass is 32.2. The molecule has 82 valence electrons. The Hall–Kier alpha value is -0.480. The molecular formula is C11H17N3S. The number of hydrogen-bond acceptors (Lipinski definition) is 3. The Balaban J connectivity index is 1.64. The Morgan fingerprint density at radius 3 is 2.73 bits per heavy atom. The van der Waals surface area contributed by atoms with E-state index in [1.54, 1.807) is 0 Å². The number of aromatic nitrogens is 2. The van der Waals surface area contributed by atoms with E-state index in [2.05, 4.69) is 21.9 Å². The monoisotopic (exact) mass is 223 g/mol. The lowest BCUT2D eigenvalue weighted by Gasteiger charge is -2.10. The third-order valence-electron chi connectivity index (χ3n) is 3.66. The Morgan fingerprint density at radius 1 is 1.40 bits per heavy atom. The highest BCUT2D eigenvalue weighted by molar-refractivity contribution is 7.99. The normalized spacial score (nSPS) is 34.6. The zero-order chi connectivity index (χ0) is 10.3. The molecule has 2 fully saturated rings. The van der Waals surface area contributed by atoms with Crippen molar-refractivity contribution in [1.29, 1.82) is 0 Å². The lowest BCUT2D eigenvalue weighted by atomic mass is 10.0. The summed E-state index contributed by atoms with van der Waals surface area (Å²) in [4.78, 5) is 4.38. The highest BCUT2D eigenvalue weighted by Gasteiger charge is 2.37. The average Bonchev–Trinajstić information content (AvgIpc) is 2.83. The standard InChI is InChI=1S/C11H17N3S/c1-14-3-2-13-11(14)15-10-4-8-6-12-7-9(8)5-10/h2-3,8-10,12H,4-7H2,1H3/t8-,9+,10?. The van der Waals surface area contributed by atoms with Crippen LogP contribution in [-0.2, 0) is 7.05 Å². The van der Waals surface area contributed by atoms with Gasteiger partial charge in [-0.05, 0) is 37.8 Å². The van der Waals surface area contributed by atoms with Crippen molar-refractivity contribution in [1.82, 2.24) is 14.9 Å². The molecule has 1 unspecified atom stereocenters. The van der Waals surface area contributed by atoms with E-state index in [9.17, 15) is 0 Å². The van der Waals surface area contributed by atoms with E-state index >= 15 is 0 Å². The lowest BCUT2D eigenvalue weighted by Crippen LogP contribution is -2.12. The predicted octanol–water partition coefficient (Wildman–Crippen LogP) is 1.51. The molecule has 4 heteroatoms. The summed E-state index contributed by atoms with van der Waals surface area (Å²) >= 11 is 1.97. The predicted molar refractivity (Wildman–Crippen MR) is 61.9 cm³/mol. The molecule has 1 saturated carbocycles. The van der Waals surface area contributed by atoms with Crippen LogP contribution in [-0.4, -0.2) is 27.9 Å². The van der Waals surface area contributed by atoms with Crippen LogP contribution in [0.2, 0.25) is 0 Å². The Kier molecular flexibility index (Phi) is 2.48. The molecule has 0 bridgehead atoms. The second-order valence-electron chi connectivity index (χ2n) is 4.71. The second-order valence-corrected chi connectivity index (χ2v) is 5.98. The van der Waals surface area contributed by atoms with Gasteiger partial charge in [-0.1, -0.05) is 11.8 Å². The van der Waals surface area contributed by atoms with Crippen LogP contribution < -0.4 is 5.32 Å². The quantitative estimate of drug-likeness (QED) is 0.824. The maximum absolute atomic E-state index is 4.38. The summed E-state index contributed by atoms with van der Waals surface area (Å²) in [6.07, 6.45) is 6.66. The summed E-state index contributed by atoms with van der Waals surface area (Å²) < 4.78 is 2.12. The van der Waals surface area contributed by atoms with E-state index in [0.717, 1.165) is 17.1 Å². The van der Waals surface area contributed by atoms with Crippen LogP contribution in [0.1, 0.15) is 12.8 Å². The van der Waals surface area contributed by atoms with Gasteiger partial charge < -0.3 is 9.88 Å². The Morgan fingerprint density at radius 2 is 2.13 bits per heavy atom. The fourth-order valence-electron chi connectivity index (χ4n) is 2.82. The fraction of sp³-hybridized carbons (Fsp3) is 0.727. The number of hydrogen-bond donors (Lipinski definition) is 1. The molecule has 15 heavy (non-hydrogen) atoms. The van der Waals surface area contributed by atoms with Gasteiger partial charge in [0.2, 0.25) is 0 Å². The van der Waals surface area contributed by atoms with Gasteiger partial charge >= 0.3 is 0 Å².